The minimum atomic E-state index is -0.562. The average Bonchev–Trinajstić information content (AvgIpc) is 1.52. The maximum Gasteiger partial charge on any atom is 0.410 e. The summed E-state index contributed by atoms with van der Waals surface area (Å²) in [6.45, 7) is 36.0. The predicted molar refractivity (Wildman–Crippen MR) is 538 cm³/mol. The number of aromatic nitrogens is 8. The second kappa shape index (κ2) is 61.8. The highest BCUT2D eigenvalue weighted by Crippen LogP contribution is 2.34. The van der Waals surface area contributed by atoms with Crippen LogP contribution in [0.5, 0.6) is 34.5 Å². The zero-order chi connectivity index (χ0) is 98.8. The molecule has 3 aromatic carbocycles. The van der Waals surface area contributed by atoms with Crippen molar-refractivity contribution < 1.29 is 66.6 Å². The molecule has 0 saturated carbocycles. The Morgan fingerprint density at radius 3 is 1.11 bits per heavy atom. The lowest BCUT2D eigenvalue weighted by atomic mass is 9.91. The molecule has 0 spiro atoms. The molecule has 11 heterocycles. The van der Waals surface area contributed by atoms with Gasteiger partial charge in [0.1, 0.15) is 28.0 Å². The molecule has 34 heteroatoms. The number of nitrogens with two attached hydrogens (primary N) is 2. The first kappa shape index (κ1) is 113. The standard InChI is InChI=1S/C28H40N4O3.C26H38N4O2.C16H24ClN3O2.C14H22N2O2.C11H22N2O2.C4H2Cl2N2.C4H6O3/c1-22(33)32-17-11-23(12-18-32)6-8-25-10-13-29-28(30-25)21-24-7-9-26(34-2)27(20-24)35-19-5-16-31-14-3-4-15-31;1-31-24-8-6-22(19-25(24)32-18-4-17-30-15-2-3-16-30)20-26-28-14-11-23(29-26)7-5-21-9-12-27-13-10-21;1-16(2,3)22-15(21)20-10-7-12(8-11-20)4-5-13-6-9-18-14(17)19-13;1-17-13-6-5-12(15)11-14(13)18-10-4-9-16-7-2-3-8-16;1-11(2,3)15-10(14)13-6-4-9(8-12)5-7-13;5-3-1-2-7-4(6)8-3;1-3(5)7-4(2)6/h7,9-10,13,20,23H,3-6,8,11-12,14-19,21H2,1-2H3;6,8,11,14,19,21,27H,2-5,7,9-10,12-13,15-18,20H2,1H3;6,9,12H,4-5,7-8,10-11H2,1-3H3;5-6,11H,2-4,7-10,15H2,1H3;9H,4-8,12H2,1-3H3;1-2H;1-2H3. The summed E-state index contributed by atoms with van der Waals surface area (Å²) in [5.74, 6) is 8.08. The van der Waals surface area contributed by atoms with E-state index in [-0.39, 0.29) is 23.4 Å². The van der Waals surface area contributed by atoms with Crippen LogP contribution in [0.4, 0.5) is 15.3 Å². The lowest BCUT2D eigenvalue weighted by molar-refractivity contribution is -0.156. The molecule has 4 aromatic heterocycles. The number of likely N-dealkylation sites (tertiary alicyclic amines) is 6. The third kappa shape index (κ3) is 45.9. The van der Waals surface area contributed by atoms with Crippen LogP contribution in [0.3, 0.4) is 0 Å². The summed E-state index contributed by atoms with van der Waals surface area (Å²) in [6, 6.07) is 25.3. The van der Waals surface area contributed by atoms with Crippen molar-refractivity contribution in [3.63, 3.8) is 0 Å². The van der Waals surface area contributed by atoms with Crippen LogP contribution < -0.4 is 45.2 Å². The second-order valence-electron chi connectivity index (χ2n) is 37.8. The van der Waals surface area contributed by atoms with Gasteiger partial charge in [-0.1, -0.05) is 23.7 Å². The van der Waals surface area contributed by atoms with E-state index in [0.29, 0.717) is 66.5 Å². The van der Waals surface area contributed by atoms with E-state index in [9.17, 15) is 24.0 Å². The molecule has 0 aliphatic carbocycles. The lowest BCUT2D eigenvalue weighted by Gasteiger charge is -2.33. The Kier molecular flexibility index (Phi) is 50.8. The molecule has 7 aliphatic heterocycles. The van der Waals surface area contributed by atoms with Crippen LogP contribution in [0.2, 0.25) is 15.7 Å². The number of piperidine rings is 4. The summed E-state index contributed by atoms with van der Waals surface area (Å²) in [4.78, 5) is 102. The molecule has 0 bridgehead atoms. The summed E-state index contributed by atoms with van der Waals surface area (Å²) < 4.78 is 48.9. The van der Waals surface area contributed by atoms with E-state index in [0.717, 1.165) is 249 Å². The van der Waals surface area contributed by atoms with E-state index >= 15 is 0 Å². The van der Waals surface area contributed by atoms with Crippen LogP contribution in [0.15, 0.2) is 104 Å². The van der Waals surface area contributed by atoms with Gasteiger partial charge in [0.05, 0.1) is 41.2 Å². The van der Waals surface area contributed by atoms with Gasteiger partial charge in [-0.3, -0.25) is 14.4 Å². The quantitative estimate of drug-likeness (QED) is 0.00670. The van der Waals surface area contributed by atoms with Gasteiger partial charge in [-0.15, -0.1) is 0 Å². The van der Waals surface area contributed by atoms with Crippen LogP contribution in [-0.4, -0.2) is 269 Å². The summed E-state index contributed by atoms with van der Waals surface area (Å²) >= 11 is 16.5. The van der Waals surface area contributed by atoms with E-state index in [4.69, 9.17) is 94.1 Å². The molecule has 0 unspecified atom stereocenters. The van der Waals surface area contributed by atoms with Gasteiger partial charge in [-0.25, -0.2) is 49.5 Å². The van der Waals surface area contributed by atoms with Gasteiger partial charge in [0, 0.05) is 146 Å². The van der Waals surface area contributed by atoms with Gasteiger partial charge >= 0.3 is 24.1 Å². The molecule has 5 N–H and O–H groups in total. The lowest BCUT2D eigenvalue weighted by Crippen LogP contribution is -2.42. The van der Waals surface area contributed by atoms with Crippen LogP contribution in [0.1, 0.15) is 231 Å². The van der Waals surface area contributed by atoms with Crippen molar-refractivity contribution in [1.82, 2.24) is 74.6 Å². The van der Waals surface area contributed by atoms with E-state index < -0.39 is 23.1 Å². The summed E-state index contributed by atoms with van der Waals surface area (Å²) in [5, 5.41) is 4.29. The Balaban J connectivity index is 0.000000207. The van der Waals surface area contributed by atoms with Gasteiger partial charge in [-0.05, 0) is 367 Å². The number of methoxy groups -OCH3 is 3. The van der Waals surface area contributed by atoms with Gasteiger partial charge in [-0.2, -0.15) is 0 Å². The highest BCUT2D eigenvalue weighted by molar-refractivity contribution is 6.31. The van der Waals surface area contributed by atoms with Gasteiger partial charge in [0.25, 0.3) is 0 Å². The normalized spacial score (nSPS) is 16.2. The Hall–Kier alpha value is -9.60. The highest BCUT2D eigenvalue weighted by Gasteiger charge is 2.30. The number of nitrogens with zero attached hydrogens (tertiary/aromatic N) is 14. The zero-order valence-corrected chi connectivity index (χ0v) is 85.7. The number of benzene rings is 3. The SMILES string of the molecule is CC(=O)OC(C)=O.CC(C)(C)OC(=O)N1CCC(CCc2ccnc(Cl)n2)CC1.CC(C)(C)OC(=O)N1CCC(CN)CC1.COc1ccc(Cc2nccc(CCC3CCN(C(C)=O)CC3)n2)cc1OCCCN1CCCC1.COc1ccc(Cc2nccc(CCC3CCNCC3)n2)cc1OCCCN1CCCC1.COc1ccc(N)cc1OCCCN1CCCC1.Clc1ccnc(Cl)n1. The number of esters is 2. The molecule has 7 aliphatic rings. The minimum absolute atomic E-state index is 0.178. The first-order valence-electron chi connectivity index (χ1n) is 49.2. The molecule has 31 nitrogen and oxygen atoms in total. The van der Waals surface area contributed by atoms with Gasteiger partial charge in [0.2, 0.25) is 16.5 Å². The topological polar surface area (TPSA) is 355 Å². The number of carbonyl (C=O) groups is 5. The summed E-state index contributed by atoms with van der Waals surface area (Å²) in [7, 11) is 5.02. The fourth-order valence-corrected chi connectivity index (χ4v) is 17.5. The van der Waals surface area contributed by atoms with Gasteiger partial charge < -0.3 is 88.8 Å². The van der Waals surface area contributed by atoms with Crippen molar-refractivity contribution in [2.75, 3.05) is 165 Å². The second-order valence-corrected chi connectivity index (χ2v) is 38.8. The van der Waals surface area contributed by atoms with E-state index in [1.54, 1.807) is 45.4 Å². The number of halogens is 3. The number of ether oxygens (including phenoxy) is 9. The number of hydrogen-bond donors (Lipinski definition) is 3. The van der Waals surface area contributed by atoms with Crippen molar-refractivity contribution in [2.45, 2.75) is 234 Å². The molecule has 7 saturated heterocycles. The Morgan fingerprint density at radius 1 is 0.416 bits per heavy atom. The largest absolute Gasteiger partial charge is 0.493 e. The maximum atomic E-state index is 12.0. The first-order chi connectivity index (χ1) is 65.9. The molecule has 137 heavy (non-hydrogen) atoms. The predicted octanol–water partition coefficient (Wildman–Crippen LogP) is 17.3. The first-order valence-corrected chi connectivity index (χ1v) is 50.4. The summed E-state index contributed by atoms with van der Waals surface area (Å²) in [6.07, 6.45) is 34.0. The third-order valence-corrected chi connectivity index (χ3v) is 25.1. The number of carbonyl (C=O) groups excluding carboxylic acids is 5. The smallest absolute Gasteiger partial charge is 0.410 e. The number of aryl methyl sites for hydroxylation is 3. The van der Waals surface area contributed by atoms with Crippen LogP contribution >= 0.6 is 34.8 Å². The Bertz CT molecular complexity index is 4650. The van der Waals surface area contributed by atoms with Crippen molar-refractivity contribution in [1.29, 1.82) is 0 Å². The fraction of sp³-hybridized carbons (Fsp3) is 0.621. The van der Waals surface area contributed by atoms with E-state index in [1.807, 2.05) is 106 Å². The number of nitrogens with one attached hydrogen (secondary N) is 1. The molecule has 14 rings (SSSR count). The van der Waals surface area contributed by atoms with Crippen molar-refractivity contribution >= 4 is 70.5 Å². The molecule has 7 fully saturated rings. The monoisotopic (exact) mass is 1960 g/mol. The number of rotatable bonds is 32. The molecule has 3 amide bonds. The molecular formula is C103H154Cl3N17O14. The fourth-order valence-electron chi connectivity index (χ4n) is 17.0. The Labute approximate surface area is 828 Å². The highest BCUT2D eigenvalue weighted by atomic mass is 35.5. The van der Waals surface area contributed by atoms with Crippen LogP contribution in [-0.2, 0) is 60.7 Å². The Morgan fingerprint density at radius 2 is 0.766 bits per heavy atom. The molecule has 7 aromatic rings. The minimum Gasteiger partial charge on any atom is -0.493 e. The van der Waals surface area contributed by atoms with Crippen molar-refractivity contribution in [2.24, 2.45) is 29.4 Å². The number of amides is 3. The number of hydrogen-bond acceptors (Lipinski definition) is 28. The van der Waals surface area contributed by atoms with Crippen molar-refractivity contribution in [3.8, 4) is 34.5 Å². The molecule has 0 radical (unpaired) electrons. The average molecular weight is 1960 g/mol. The number of anilines is 1. The molecular weight excluding hydrogens is 1810 g/mol. The third-order valence-electron chi connectivity index (χ3n) is 24.5. The van der Waals surface area contributed by atoms with Crippen LogP contribution in [0, 0.1) is 23.7 Å². The molecule has 756 valence electrons. The van der Waals surface area contributed by atoms with Crippen LogP contribution in [0.25, 0.3) is 0 Å². The summed E-state index contributed by atoms with van der Waals surface area (Å²) in [5.41, 5.74) is 16.7. The van der Waals surface area contributed by atoms with Crippen molar-refractivity contribution in [3.05, 3.63) is 159 Å². The zero-order valence-electron chi connectivity index (χ0n) is 83.4. The molecule has 0 atom stereocenters. The number of nitrogen functional groups attached to an aromatic ring is 1. The van der Waals surface area contributed by atoms with E-state index in [1.165, 1.54) is 117 Å². The van der Waals surface area contributed by atoms with E-state index in [2.05, 4.69) is 85.0 Å². The van der Waals surface area contributed by atoms with Gasteiger partial charge in [0.15, 0.2) is 34.5 Å². The maximum absolute atomic E-state index is 12.0.